The first-order valence-electron chi connectivity index (χ1n) is 9.06. The van der Waals surface area contributed by atoms with Gasteiger partial charge in [-0.05, 0) is 56.0 Å². The minimum absolute atomic E-state index is 0. The van der Waals surface area contributed by atoms with Gasteiger partial charge in [-0.3, -0.25) is 9.59 Å². The monoisotopic (exact) mass is 387 g/mol. The Morgan fingerprint density at radius 3 is 2.48 bits per heavy atom. The first-order valence-corrected chi connectivity index (χ1v) is 9.06. The van der Waals surface area contributed by atoms with Gasteiger partial charge in [0.15, 0.2) is 0 Å². The topological polar surface area (TPSA) is 84.2 Å². The molecule has 1 fully saturated rings. The Balaban J connectivity index is 0.00000261. The predicted octanol–water partition coefficient (Wildman–Crippen LogP) is 4.13. The number of hydrogen-bond donors (Lipinski definition) is 3. The van der Waals surface area contributed by atoms with Crippen LogP contribution < -0.4 is 16.4 Å². The van der Waals surface area contributed by atoms with Gasteiger partial charge in [0.2, 0.25) is 5.91 Å². The Morgan fingerprint density at radius 1 is 1.04 bits per heavy atom. The number of hydrogen-bond acceptors (Lipinski definition) is 3. The van der Waals surface area contributed by atoms with Gasteiger partial charge < -0.3 is 16.4 Å². The molecular formula is C21H26ClN3O2. The van der Waals surface area contributed by atoms with Crippen molar-refractivity contribution in [3.8, 4) is 0 Å². The van der Waals surface area contributed by atoms with Gasteiger partial charge in [-0.15, -0.1) is 12.4 Å². The SMILES string of the molecule is Cc1ccc(C(=O)Nc2ccccc2)cc1NC(=O)C1CCCC(N)C1.Cl. The van der Waals surface area contributed by atoms with E-state index in [1.165, 1.54) is 0 Å². The molecular weight excluding hydrogens is 362 g/mol. The largest absolute Gasteiger partial charge is 0.328 e. The first-order chi connectivity index (χ1) is 12.5. The summed E-state index contributed by atoms with van der Waals surface area (Å²) in [6.45, 7) is 1.92. The molecule has 3 rings (SSSR count). The zero-order valence-electron chi connectivity index (χ0n) is 15.4. The van der Waals surface area contributed by atoms with E-state index in [1.807, 2.05) is 43.3 Å². The number of aryl methyl sites for hydroxylation is 1. The summed E-state index contributed by atoms with van der Waals surface area (Å²) in [6.07, 6.45) is 3.56. The van der Waals surface area contributed by atoms with Crippen molar-refractivity contribution < 1.29 is 9.59 Å². The summed E-state index contributed by atoms with van der Waals surface area (Å²) in [5, 5.41) is 5.84. The van der Waals surface area contributed by atoms with Gasteiger partial charge >= 0.3 is 0 Å². The fourth-order valence-corrected chi connectivity index (χ4v) is 3.32. The minimum Gasteiger partial charge on any atom is -0.328 e. The van der Waals surface area contributed by atoms with E-state index < -0.39 is 0 Å². The minimum atomic E-state index is -0.202. The average molecular weight is 388 g/mol. The van der Waals surface area contributed by atoms with Gasteiger partial charge in [-0.1, -0.05) is 30.7 Å². The number of para-hydroxylation sites is 1. The summed E-state index contributed by atoms with van der Waals surface area (Å²) in [4.78, 5) is 25.0. The second-order valence-corrected chi connectivity index (χ2v) is 6.96. The van der Waals surface area contributed by atoms with E-state index in [9.17, 15) is 9.59 Å². The maximum absolute atomic E-state index is 12.6. The summed E-state index contributed by atoms with van der Waals surface area (Å²) in [7, 11) is 0. The van der Waals surface area contributed by atoms with Gasteiger partial charge in [-0.25, -0.2) is 0 Å². The highest BCUT2D eigenvalue weighted by Crippen LogP contribution is 2.26. The van der Waals surface area contributed by atoms with Crippen LogP contribution in [0.15, 0.2) is 48.5 Å². The van der Waals surface area contributed by atoms with E-state index in [0.29, 0.717) is 11.3 Å². The van der Waals surface area contributed by atoms with Crippen LogP contribution in [0.5, 0.6) is 0 Å². The second-order valence-electron chi connectivity index (χ2n) is 6.96. The molecule has 1 aliphatic carbocycles. The molecule has 0 spiro atoms. The van der Waals surface area contributed by atoms with Crippen LogP contribution in [0.2, 0.25) is 0 Å². The lowest BCUT2D eigenvalue weighted by atomic mass is 9.85. The molecule has 2 amide bonds. The number of nitrogens with two attached hydrogens (primary N) is 1. The van der Waals surface area contributed by atoms with E-state index in [4.69, 9.17) is 5.73 Å². The number of halogens is 1. The maximum Gasteiger partial charge on any atom is 0.255 e. The molecule has 0 radical (unpaired) electrons. The molecule has 0 bridgehead atoms. The number of nitrogens with one attached hydrogen (secondary N) is 2. The van der Waals surface area contributed by atoms with E-state index in [-0.39, 0.29) is 36.2 Å². The molecule has 6 heteroatoms. The molecule has 0 saturated heterocycles. The predicted molar refractivity (Wildman–Crippen MR) is 111 cm³/mol. The van der Waals surface area contributed by atoms with Crippen LogP contribution in [0, 0.1) is 12.8 Å². The molecule has 2 atom stereocenters. The number of carbonyl (C=O) groups is 2. The molecule has 144 valence electrons. The van der Waals surface area contributed by atoms with Gasteiger partial charge in [0.1, 0.15) is 0 Å². The van der Waals surface area contributed by atoms with Crippen molar-refractivity contribution in [1.29, 1.82) is 0 Å². The quantitative estimate of drug-likeness (QED) is 0.737. The third-order valence-corrected chi connectivity index (χ3v) is 4.87. The van der Waals surface area contributed by atoms with E-state index in [0.717, 1.165) is 36.9 Å². The van der Waals surface area contributed by atoms with Crippen molar-refractivity contribution >= 4 is 35.6 Å². The Labute approximate surface area is 166 Å². The van der Waals surface area contributed by atoms with Crippen molar-refractivity contribution in [2.75, 3.05) is 10.6 Å². The van der Waals surface area contributed by atoms with Crippen LogP contribution in [0.4, 0.5) is 11.4 Å². The summed E-state index contributed by atoms with van der Waals surface area (Å²) in [5.41, 5.74) is 8.84. The third kappa shape index (κ3) is 5.55. The second kappa shape index (κ2) is 9.53. The highest BCUT2D eigenvalue weighted by atomic mass is 35.5. The smallest absolute Gasteiger partial charge is 0.255 e. The molecule has 27 heavy (non-hydrogen) atoms. The lowest BCUT2D eigenvalue weighted by molar-refractivity contribution is -0.120. The van der Waals surface area contributed by atoms with Crippen LogP contribution in [0.25, 0.3) is 0 Å². The van der Waals surface area contributed by atoms with Gasteiger partial charge in [-0.2, -0.15) is 0 Å². The number of anilines is 2. The summed E-state index contributed by atoms with van der Waals surface area (Å²) in [6, 6.07) is 14.7. The van der Waals surface area contributed by atoms with Crippen molar-refractivity contribution in [2.24, 2.45) is 11.7 Å². The molecule has 0 heterocycles. The highest BCUT2D eigenvalue weighted by molar-refractivity contribution is 6.05. The molecule has 1 saturated carbocycles. The van der Waals surface area contributed by atoms with Crippen LogP contribution in [0.1, 0.15) is 41.6 Å². The summed E-state index contributed by atoms with van der Waals surface area (Å²) < 4.78 is 0. The summed E-state index contributed by atoms with van der Waals surface area (Å²) in [5.74, 6) is -0.268. The normalized spacial score (nSPS) is 18.9. The molecule has 2 aromatic carbocycles. The first kappa shape index (κ1) is 20.9. The Bertz CT molecular complexity index is 795. The standard InChI is InChI=1S/C21H25N3O2.ClH/c1-14-10-11-16(20(25)23-18-8-3-2-4-9-18)13-19(14)24-21(26)15-6-5-7-17(22)12-15;/h2-4,8-11,13,15,17H,5-7,12,22H2,1H3,(H,23,25)(H,24,26);1H. The lowest BCUT2D eigenvalue weighted by Crippen LogP contribution is -2.34. The Kier molecular flexibility index (Phi) is 7.39. The summed E-state index contributed by atoms with van der Waals surface area (Å²) >= 11 is 0. The van der Waals surface area contributed by atoms with Crippen LogP contribution in [0.3, 0.4) is 0 Å². The number of carbonyl (C=O) groups excluding carboxylic acids is 2. The van der Waals surface area contributed by atoms with E-state index >= 15 is 0 Å². The van der Waals surface area contributed by atoms with Crippen molar-refractivity contribution in [2.45, 2.75) is 38.6 Å². The molecule has 0 aromatic heterocycles. The van der Waals surface area contributed by atoms with Crippen LogP contribution in [-0.2, 0) is 4.79 Å². The molecule has 0 aliphatic heterocycles. The van der Waals surface area contributed by atoms with Gasteiger partial charge in [0.05, 0.1) is 0 Å². The lowest BCUT2D eigenvalue weighted by Gasteiger charge is -2.26. The Hall–Kier alpha value is -2.37. The maximum atomic E-state index is 12.6. The van der Waals surface area contributed by atoms with Crippen molar-refractivity contribution in [1.82, 2.24) is 0 Å². The number of amides is 2. The number of benzene rings is 2. The third-order valence-electron chi connectivity index (χ3n) is 4.87. The van der Waals surface area contributed by atoms with Crippen molar-refractivity contribution in [3.63, 3.8) is 0 Å². The molecule has 2 aromatic rings. The fourth-order valence-electron chi connectivity index (χ4n) is 3.32. The van der Waals surface area contributed by atoms with Gasteiger partial charge in [0.25, 0.3) is 5.91 Å². The van der Waals surface area contributed by atoms with Gasteiger partial charge in [0, 0.05) is 28.9 Å². The number of rotatable bonds is 4. The van der Waals surface area contributed by atoms with Crippen LogP contribution >= 0.6 is 12.4 Å². The van der Waals surface area contributed by atoms with Crippen molar-refractivity contribution in [3.05, 3.63) is 59.7 Å². The molecule has 2 unspecified atom stereocenters. The fraction of sp³-hybridized carbons (Fsp3) is 0.333. The molecule has 5 nitrogen and oxygen atoms in total. The molecule has 1 aliphatic rings. The highest BCUT2D eigenvalue weighted by Gasteiger charge is 2.25. The zero-order valence-corrected chi connectivity index (χ0v) is 16.2. The van der Waals surface area contributed by atoms with Crippen LogP contribution in [-0.4, -0.2) is 17.9 Å². The molecule has 4 N–H and O–H groups in total. The van der Waals surface area contributed by atoms with E-state index in [2.05, 4.69) is 10.6 Å². The zero-order chi connectivity index (χ0) is 18.5. The Morgan fingerprint density at radius 2 is 1.78 bits per heavy atom. The van der Waals surface area contributed by atoms with E-state index in [1.54, 1.807) is 12.1 Å². The average Bonchev–Trinajstić information content (AvgIpc) is 2.64.